The summed E-state index contributed by atoms with van der Waals surface area (Å²) in [6, 6.07) is 9.37. The predicted molar refractivity (Wildman–Crippen MR) is 49.9 cm³/mol. The molecule has 0 radical (unpaired) electrons. The van der Waals surface area contributed by atoms with Crippen molar-refractivity contribution in [3.8, 4) is 0 Å². The van der Waals surface area contributed by atoms with Crippen molar-refractivity contribution in [2.24, 2.45) is 5.11 Å². The maximum Gasteiger partial charge on any atom is 0.168 e. The molecule has 1 rings (SSSR count). The van der Waals surface area contributed by atoms with Gasteiger partial charge in [-0.1, -0.05) is 35.4 Å². The predicted octanol–water partition coefficient (Wildman–Crippen LogP) is 2.82. The highest BCUT2D eigenvalue weighted by atomic mass is 16.5. The lowest BCUT2D eigenvalue weighted by Crippen LogP contribution is -2.20. The maximum atomic E-state index is 8.37. The molecule has 0 aliphatic rings. The highest BCUT2D eigenvalue weighted by molar-refractivity contribution is 5.21. The Labute approximate surface area is 76.8 Å². The minimum atomic E-state index is -0.907. The molecule has 1 aromatic carbocycles. The summed E-state index contributed by atoms with van der Waals surface area (Å²) in [5.74, 6) is 0. The molecule has 1 unspecified atom stereocenters. The average molecular weight is 177 g/mol. The molecule has 0 N–H and O–H groups in total. The second-order valence-corrected chi connectivity index (χ2v) is 2.74. The molecule has 4 nitrogen and oxygen atoms in total. The van der Waals surface area contributed by atoms with Gasteiger partial charge in [-0.2, -0.15) is 0 Å². The minimum Gasteiger partial charge on any atom is -0.368 e. The van der Waals surface area contributed by atoms with E-state index in [0.717, 1.165) is 5.56 Å². The lowest BCUT2D eigenvalue weighted by Gasteiger charge is -2.22. The number of benzene rings is 1. The monoisotopic (exact) mass is 177 g/mol. The van der Waals surface area contributed by atoms with E-state index in [0.29, 0.717) is 0 Å². The molecule has 0 bridgehead atoms. The van der Waals surface area contributed by atoms with Crippen LogP contribution in [0.2, 0.25) is 0 Å². The Bertz CT molecular complexity index is 319. The average Bonchev–Trinajstić information content (AvgIpc) is 2.19. The molecule has 0 saturated heterocycles. The zero-order chi connectivity index (χ0) is 9.73. The third-order valence-electron chi connectivity index (χ3n) is 1.94. The van der Waals surface area contributed by atoms with E-state index in [9.17, 15) is 0 Å². The number of rotatable bonds is 3. The van der Waals surface area contributed by atoms with Gasteiger partial charge in [-0.05, 0) is 18.0 Å². The van der Waals surface area contributed by atoms with Crippen LogP contribution in [0.3, 0.4) is 0 Å². The lowest BCUT2D eigenvalue weighted by atomic mass is 10.1. The van der Waals surface area contributed by atoms with Crippen molar-refractivity contribution in [1.82, 2.24) is 0 Å². The molecule has 68 valence electrons. The number of azide groups is 1. The lowest BCUT2D eigenvalue weighted by molar-refractivity contribution is 0.00820. The molecular formula is C9H11N3O. The molecule has 1 atom stereocenters. The van der Waals surface area contributed by atoms with Gasteiger partial charge >= 0.3 is 0 Å². The third-order valence-corrected chi connectivity index (χ3v) is 1.94. The van der Waals surface area contributed by atoms with Crippen LogP contribution in [0.25, 0.3) is 10.4 Å². The zero-order valence-corrected chi connectivity index (χ0v) is 7.64. The fourth-order valence-electron chi connectivity index (χ4n) is 1.05. The molecule has 0 aliphatic heterocycles. The van der Waals surface area contributed by atoms with Crippen LogP contribution in [0.15, 0.2) is 35.4 Å². The number of hydrogen-bond donors (Lipinski definition) is 0. The van der Waals surface area contributed by atoms with E-state index in [4.69, 9.17) is 10.3 Å². The van der Waals surface area contributed by atoms with Gasteiger partial charge in [0.25, 0.3) is 0 Å². The number of nitrogens with zero attached hydrogens (tertiary/aromatic N) is 3. The first-order valence-corrected chi connectivity index (χ1v) is 3.90. The fourth-order valence-corrected chi connectivity index (χ4v) is 1.05. The Morgan fingerprint density at radius 3 is 2.46 bits per heavy atom. The molecule has 0 amide bonds. The molecule has 0 aliphatic carbocycles. The van der Waals surface area contributed by atoms with Crippen LogP contribution in [0.4, 0.5) is 0 Å². The zero-order valence-electron chi connectivity index (χ0n) is 7.64. The molecular weight excluding hydrogens is 166 g/mol. The molecule has 0 fully saturated rings. The van der Waals surface area contributed by atoms with Gasteiger partial charge in [0.05, 0.1) is 0 Å². The van der Waals surface area contributed by atoms with Gasteiger partial charge in [0.15, 0.2) is 5.72 Å². The summed E-state index contributed by atoms with van der Waals surface area (Å²) < 4.78 is 5.14. The second kappa shape index (κ2) is 3.94. The van der Waals surface area contributed by atoms with Crippen LogP contribution in [0.1, 0.15) is 12.5 Å². The van der Waals surface area contributed by atoms with Crippen molar-refractivity contribution in [3.05, 3.63) is 46.3 Å². The normalized spacial score (nSPS) is 14.3. The van der Waals surface area contributed by atoms with Crippen LogP contribution in [-0.4, -0.2) is 7.11 Å². The van der Waals surface area contributed by atoms with E-state index >= 15 is 0 Å². The van der Waals surface area contributed by atoms with Crippen LogP contribution >= 0.6 is 0 Å². The van der Waals surface area contributed by atoms with Gasteiger partial charge in [0, 0.05) is 12.0 Å². The molecule has 1 aromatic rings. The van der Waals surface area contributed by atoms with E-state index in [1.807, 2.05) is 30.3 Å². The topological polar surface area (TPSA) is 58.0 Å². The smallest absolute Gasteiger partial charge is 0.168 e. The highest BCUT2D eigenvalue weighted by Crippen LogP contribution is 2.25. The molecule has 4 heteroatoms. The van der Waals surface area contributed by atoms with Gasteiger partial charge < -0.3 is 4.74 Å². The standard InChI is InChI=1S/C9H11N3O/c1-9(13-2,11-12-10)8-6-4-3-5-7-8/h3-7H,1-2H3. The number of hydrogen-bond acceptors (Lipinski definition) is 2. The summed E-state index contributed by atoms with van der Waals surface area (Å²) in [5.41, 5.74) is 8.31. The van der Waals surface area contributed by atoms with Crippen LogP contribution in [-0.2, 0) is 10.5 Å². The summed E-state index contributed by atoms with van der Waals surface area (Å²) in [7, 11) is 1.52. The van der Waals surface area contributed by atoms with Gasteiger partial charge in [-0.15, -0.1) is 0 Å². The maximum absolute atomic E-state index is 8.37. The van der Waals surface area contributed by atoms with Gasteiger partial charge in [-0.3, -0.25) is 0 Å². The van der Waals surface area contributed by atoms with E-state index in [1.165, 1.54) is 7.11 Å². The highest BCUT2D eigenvalue weighted by Gasteiger charge is 2.23. The van der Waals surface area contributed by atoms with Gasteiger partial charge in [-0.25, -0.2) is 0 Å². The quantitative estimate of drug-likeness (QED) is 0.398. The van der Waals surface area contributed by atoms with Crippen molar-refractivity contribution in [1.29, 1.82) is 0 Å². The van der Waals surface area contributed by atoms with Gasteiger partial charge in [0.1, 0.15) is 0 Å². The van der Waals surface area contributed by atoms with Crippen molar-refractivity contribution in [2.45, 2.75) is 12.6 Å². The molecule has 0 aromatic heterocycles. The first-order chi connectivity index (χ1) is 6.23. The van der Waals surface area contributed by atoms with Crippen molar-refractivity contribution >= 4 is 0 Å². The second-order valence-electron chi connectivity index (χ2n) is 2.74. The Hall–Kier alpha value is -1.51. The first-order valence-electron chi connectivity index (χ1n) is 3.90. The Morgan fingerprint density at radius 1 is 1.38 bits per heavy atom. The van der Waals surface area contributed by atoms with Crippen LogP contribution < -0.4 is 0 Å². The Morgan fingerprint density at radius 2 is 2.00 bits per heavy atom. The summed E-state index contributed by atoms with van der Waals surface area (Å²) in [4.78, 5) is 2.75. The molecule has 0 saturated carbocycles. The molecule has 13 heavy (non-hydrogen) atoms. The summed E-state index contributed by atoms with van der Waals surface area (Å²) >= 11 is 0. The number of methoxy groups -OCH3 is 1. The van der Waals surface area contributed by atoms with Crippen LogP contribution in [0, 0.1) is 0 Å². The third kappa shape index (κ3) is 1.99. The molecule has 0 spiro atoms. The summed E-state index contributed by atoms with van der Waals surface area (Å²) in [5, 5.41) is 3.60. The first kappa shape index (κ1) is 9.58. The molecule has 0 heterocycles. The summed E-state index contributed by atoms with van der Waals surface area (Å²) in [6.07, 6.45) is 0. The van der Waals surface area contributed by atoms with E-state index in [-0.39, 0.29) is 0 Å². The summed E-state index contributed by atoms with van der Waals surface area (Å²) in [6.45, 7) is 1.72. The minimum absolute atomic E-state index is 0.843. The van der Waals surface area contributed by atoms with Crippen molar-refractivity contribution in [2.75, 3.05) is 7.11 Å². The van der Waals surface area contributed by atoms with Crippen LogP contribution in [0.5, 0.6) is 0 Å². The Kier molecular flexibility index (Phi) is 2.90. The van der Waals surface area contributed by atoms with Gasteiger partial charge in [0.2, 0.25) is 0 Å². The van der Waals surface area contributed by atoms with Crippen molar-refractivity contribution in [3.63, 3.8) is 0 Å². The van der Waals surface area contributed by atoms with E-state index < -0.39 is 5.72 Å². The Balaban J connectivity index is 3.10. The van der Waals surface area contributed by atoms with E-state index in [1.54, 1.807) is 6.92 Å². The van der Waals surface area contributed by atoms with E-state index in [2.05, 4.69) is 10.0 Å². The van der Waals surface area contributed by atoms with Crippen molar-refractivity contribution < 1.29 is 4.74 Å². The largest absolute Gasteiger partial charge is 0.368 e. The fraction of sp³-hybridized carbons (Fsp3) is 0.333. The number of ether oxygens (including phenoxy) is 1. The SMILES string of the molecule is COC(C)(N=[N+]=[N-])c1ccccc1.